The SMILES string of the molecule is CC(=O)C(CC(=O)OC(C)(C)C)Cc1cccc(C#N)c1. The van der Waals surface area contributed by atoms with Gasteiger partial charge < -0.3 is 4.74 Å². The highest BCUT2D eigenvalue weighted by Gasteiger charge is 2.23. The maximum absolute atomic E-state index is 11.9. The normalized spacial score (nSPS) is 12.3. The molecule has 0 aromatic heterocycles. The molecule has 1 aromatic rings. The van der Waals surface area contributed by atoms with Gasteiger partial charge in [0.1, 0.15) is 11.4 Å². The first-order chi connectivity index (χ1) is 9.71. The van der Waals surface area contributed by atoms with Crippen LogP contribution < -0.4 is 0 Å². The van der Waals surface area contributed by atoms with Crippen LogP contribution in [0.4, 0.5) is 0 Å². The van der Waals surface area contributed by atoms with Gasteiger partial charge in [-0.3, -0.25) is 9.59 Å². The summed E-state index contributed by atoms with van der Waals surface area (Å²) in [4.78, 5) is 23.6. The van der Waals surface area contributed by atoms with Gasteiger partial charge in [0.2, 0.25) is 0 Å². The molecule has 0 bridgehead atoms. The number of hydrogen-bond acceptors (Lipinski definition) is 4. The number of nitriles is 1. The van der Waals surface area contributed by atoms with Gasteiger partial charge in [-0.1, -0.05) is 12.1 Å². The van der Waals surface area contributed by atoms with Gasteiger partial charge >= 0.3 is 5.97 Å². The molecule has 0 fully saturated rings. The van der Waals surface area contributed by atoms with E-state index in [1.807, 2.05) is 6.07 Å². The van der Waals surface area contributed by atoms with Gasteiger partial charge in [-0.2, -0.15) is 5.26 Å². The van der Waals surface area contributed by atoms with Gasteiger partial charge in [0.25, 0.3) is 0 Å². The molecule has 0 N–H and O–H groups in total. The van der Waals surface area contributed by atoms with Gasteiger partial charge in [0.05, 0.1) is 18.1 Å². The Morgan fingerprint density at radius 3 is 2.52 bits per heavy atom. The summed E-state index contributed by atoms with van der Waals surface area (Å²) in [5.74, 6) is -0.851. The zero-order chi connectivity index (χ0) is 16.0. The molecule has 0 saturated carbocycles. The molecule has 0 saturated heterocycles. The maximum atomic E-state index is 11.9. The van der Waals surface area contributed by atoms with Crippen molar-refractivity contribution < 1.29 is 14.3 Å². The highest BCUT2D eigenvalue weighted by Crippen LogP contribution is 2.18. The van der Waals surface area contributed by atoms with Gasteiger partial charge in [0, 0.05) is 5.92 Å². The fourth-order valence-electron chi connectivity index (χ4n) is 2.00. The van der Waals surface area contributed by atoms with Crippen molar-refractivity contribution in [2.24, 2.45) is 5.92 Å². The molecule has 4 nitrogen and oxygen atoms in total. The number of esters is 1. The molecule has 0 aliphatic rings. The summed E-state index contributed by atoms with van der Waals surface area (Å²) in [6, 6.07) is 9.14. The molecule has 1 unspecified atom stereocenters. The number of ketones is 1. The number of nitrogens with zero attached hydrogens (tertiary/aromatic N) is 1. The second-order valence-electron chi connectivity index (χ2n) is 6.11. The first-order valence-corrected chi connectivity index (χ1v) is 6.92. The molecule has 0 aliphatic heterocycles. The van der Waals surface area contributed by atoms with Crippen LogP contribution >= 0.6 is 0 Å². The number of ether oxygens (including phenoxy) is 1. The van der Waals surface area contributed by atoms with Crippen LogP contribution in [-0.4, -0.2) is 17.4 Å². The molecule has 0 aliphatic carbocycles. The van der Waals surface area contributed by atoms with Crippen LogP contribution in [0, 0.1) is 17.2 Å². The Labute approximate surface area is 125 Å². The van der Waals surface area contributed by atoms with E-state index in [1.165, 1.54) is 6.92 Å². The molecule has 112 valence electrons. The van der Waals surface area contributed by atoms with Crippen molar-refractivity contribution in [2.75, 3.05) is 0 Å². The number of carbonyl (C=O) groups excluding carboxylic acids is 2. The standard InChI is InChI=1S/C17H21NO3/c1-12(19)15(10-16(20)21-17(2,3)4)9-13-6-5-7-14(8-13)11-18/h5-8,15H,9-10H2,1-4H3. The number of Topliss-reactive ketones (excluding diaryl/α,β-unsaturated/α-hetero) is 1. The van der Waals surface area contributed by atoms with Crippen LogP contribution in [0.25, 0.3) is 0 Å². The lowest BCUT2D eigenvalue weighted by Crippen LogP contribution is -2.27. The first-order valence-electron chi connectivity index (χ1n) is 6.92. The Morgan fingerprint density at radius 2 is 2.00 bits per heavy atom. The molecule has 1 aromatic carbocycles. The summed E-state index contributed by atoms with van der Waals surface area (Å²) in [5, 5.41) is 8.89. The van der Waals surface area contributed by atoms with E-state index in [9.17, 15) is 9.59 Å². The van der Waals surface area contributed by atoms with Crippen LogP contribution in [0.15, 0.2) is 24.3 Å². The molecule has 0 heterocycles. The van der Waals surface area contributed by atoms with Gasteiger partial charge in [-0.25, -0.2) is 0 Å². The molecular weight excluding hydrogens is 266 g/mol. The number of hydrogen-bond donors (Lipinski definition) is 0. The Kier molecular flexibility index (Phi) is 5.66. The van der Waals surface area contributed by atoms with E-state index in [0.717, 1.165) is 5.56 Å². The second kappa shape index (κ2) is 7.03. The van der Waals surface area contributed by atoms with Crippen LogP contribution in [0.1, 0.15) is 45.2 Å². The lowest BCUT2D eigenvalue weighted by atomic mass is 9.92. The van der Waals surface area contributed by atoms with Crippen molar-refractivity contribution in [2.45, 2.75) is 46.1 Å². The first kappa shape index (κ1) is 16.9. The summed E-state index contributed by atoms with van der Waals surface area (Å²) in [7, 11) is 0. The van der Waals surface area contributed by atoms with Crippen molar-refractivity contribution in [3.05, 3.63) is 35.4 Å². The van der Waals surface area contributed by atoms with E-state index in [0.29, 0.717) is 12.0 Å². The van der Waals surface area contributed by atoms with Crippen molar-refractivity contribution >= 4 is 11.8 Å². The molecular formula is C17H21NO3. The van der Waals surface area contributed by atoms with Crippen molar-refractivity contribution in [1.29, 1.82) is 5.26 Å². The topological polar surface area (TPSA) is 67.2 Å². The molecule has 21 heavy (non-hydrogen) atoms. The van der Waals surface area contributed by atoms with E-state index in [1.54, 1.807) is 39.0 Å². The lowest BCUT2D eigenvalue weighted by molar-refractivity contribution is -0.157. The Balaban J connectivity index is 2.77. The van der Waals surface area contributed by atoms with Gasteiger partial charge in [0.15, 0.2) is 0 Å². The highest BCUT2D eigenvalue weighted by molar-refractivity contribution is 5.83. The second-order valence-corrected chi connectivity index (χ2v) is 6.11. The summed E-state index contributed by atoms with van der Waals surface area (Å²) < 4.78 is 5.26. The predicted octanol–water partition coefficient (Wildman–Crippen LogP) is 3.04. The summed E-state index contributed by atoms with van der Waals surface area (Å²) in [5.41, 5.74) is 0.865. The van der Waals surface area contributed by atoms with E-state index in [2.05, 4.69) is 6.07 Å². The van der Waals surface area contributed by atoms with Crippen LogP contribution in [0.2, 0.25) is 0 Å². The Bertz CT molecular complexity index is 564. The van der Waals surface area contributed by atoms with E-state index >= 15 is 0 Å². The molecule has 0 radical (unpaired) electrons. The fourth-order valence-corrected chi connectivity index (χ4v) is 2.00. The third-order valence-electron chi connectivity index (χ3n) is 2.95. The summed E-state index contributed by atoms with van der Waals surface area (Å²) in [6.07, 6.45) is 0.494. The third kappa shape index (κ3) is 6.22. The average Bonchev–Trinajstić information content (AvgIpc) is 2.36. The summed E-state index contributed by atoms with van der Waals surface area (Å²) in [6.45, 7) is 6.86. The fraction of sp³-hybridized carbons (Fsp3) is 0.471. The van der Waals surface area contributed by atoms with Crippen molar-refractivity contribution in [1.82, 2.24) is 0 Å². The van der Waals surface area contributed by atoms with Crippen LogP contribution in [-0.2, 0) is 20.7 Å². The van der Waals surface area contributed by atoms with Crippen LogP contribution in [0.3, 0.4) is 0 Å². The minimum absolute atomic E-state index is 0.0526. The molecule has 0 spiro atoms. The monoisotopic (exact) mass is 287 g/mol. The van der Waals surface area contributed by atoms with Crippen LogP contribution in [0.5, 0.6) is 0 Å². The summed E-state index contributed by atoms with van der Waals surface area (Å²) >= 11 is 0. The van der Waals surface area contributed by atoms with Crippen molar-refractivity contribution in [3.63, 3.8) is 0 Å². The minimum atomic E-state index is -0.556. The maximum Gasteiger partial charge on any atom is 0.307 e. The highest BCUT2D eigenvalue weighted by atomic mass is 16.6. The quantitative estimate of drug-likeness (QED) is 0.781. The van der Waals surface area contributed by atoms with E-state index in [-0.39, 0.29) is 18.2 Å². The smallest absolute Gasteiger partial charge is 0.307 e. The van der Waals surface area contributed by atoms with Gasteiger partial charge in [-0.15, -0.1) is 0 Å². The average molecular weight is 287 g/mol. The largest absolute Gasteiger partial charge is 0.460 e. The number of benzene rings is 1. The lowest BCUT2D eigenvalue weighted by Gasteiger charge is -2.21. The zero-order valence-corrected chi connectivity index (χ0v) is 13.0. The van der Waals surface area contributed by atoms with Crippen molar-refractivity contribution in [3.8, 4) is 6.07 Å². The Hall–Kier alpha value is -2.15. The van der Waals surface area contributed by atoms with E-state index in [4.69, 9.17) is 10.00 Å². The van der Waals surface area contributed by atoms with E-state index < -0.39 is 11.5 Å². The molecule has 1 atom stereocenters. The van der Waals surface area contributed by atoms with Gasteiger partial charge in [-0.05, 0) is 51.8 Å². The molecule has 1 rings (SSSR count). The number of carbonyl (C=O) groups is 2. The number of rotatable bonds is 5. The molecule has 0 amide bonds. The zero-order valence-electron chi connectivity index (χ0n) is 13.0. The minimum Gasteiger partial charge on any atom is -0.460 e. The predicted molar refractivity (Wildman–Crippen MR) is 79.5 cm³/mol. The Morgan fingerprint density at radius 1 is 1.33 bits per heavy atom. The third-order valence-corrected chi connectivity index (χ3v) is 2.95. The molecule has 4 heteroatoms.